The number of hydrogen-bond donors (Lipinski definition) is 2. The first-order chi connectivity index (χ1) is 10.2. The molecule has 110 valence electrons. The van der Waals surface area contributed by atoms with Crippen molar-refractivity contribution < 1.29 is 14.8 Å². The quantitative estimate of drug-likeness (QED) is 0.852. The summed E-state index contributed by atoms with van der Waals surface area (Å²) in [5, 5.41) is 4.90. The third-order valence-corrected chi connectivity index (χ3v) is 3.36. The van der Waals surface area contributed by atoms with Crippen molar-refractivity contribution in [3.63, 3.8) is 0 Å². The van der Waals surface area contributed by atoms with Crippen LogP contribution in [0.2, 0.25) is 0 Å². The Hall–Kier alpha value is -2.33. The molecule has 0 aliphatic carbocycles. The monoisotopic (exact) mass is 285 g/mol. The van der Waals surface area contributed by atoms with Gasteiger partial charge in [0.1, 0.15) is 11.8 Å². The molecule has 4 nitrogen and oxygen atoms in total. The van der Waals surface area contributed by atoms with Crippen molar-refractivity contribution in [2.75, 3.05) is 19.0 Å². The molecule has 2 rings (SSSR count). The van der Waals surface area contributed by atoms with Gasteiger partial charge in [0.15, 0.2) is 6.54 Å². The summed E-state index contributed by atoms with van der Waals surface area (Å²) in [6.45, 7) is 2.48. The predicted molar refractivity (Wildman–Crippen MR) is 83.3 cm³/mol. The van der Waals surface area contributed by atoms with Gasteiger partial charge in [-0.2, -0.15) is 0 Å². The number of anilines is 1. The van der Waals surface area contributed by atoms with E-state index in [2.05, 4.69) is 24.4 Å². The Morgan fingerprint density at radius 2 is 1.81 bits per heavy atom. The van der Waals surface area contributed by atoms with Crippen LogP contribution in [0.4, 0.5) is 5.69 Å². The van der Waals surface area contributed by atoms with Crippen LogP contribution < -0.4 is 15.4 Å². The summed E-state index contributed by atoms with van der Waals surface area (Å²) in [7, 11) is 1.62. The van der Waals surface area contributed by atoms with E-state index in [0.29, 0.717) is 6.54 Å². The number of quaternary nitrogens is 1. The highest BCUT2D eigenvalue weighted by Gasteiger charge is 2.11. The van der Waals surface area contributed by atoms with Gasteiger partial charge in [0.05, 0.1) is 7.11 Å². The Labute approximate surface area is 125 Å². The van der Waals surface area contributed by atoms with Crippen molar-refractivity contribution in [2.45, 2.75) is 13.0 Å². The SMILES string of the molecule is COc1ccc(NC(=O)C[NH2+][C@H](C)c2ccccc2)cc1. The molecule has 3 N–H and O–H groups in total. The largest absolute Gasteiger partial charge is 0.497 e. The lowest BCUT2D eigenvalue weighted by molar-refractivity contribution is -0.682. The van der Waals surface area contributed by atoms with Gasteiger partial charge in [-0.05, 0) is 31.2 Å². The van der Waals surface area contributed by atoms with Crippen molar-refractivity contribution in [1.82, 2.24) is 0 Å². The molecule has 1 amide bonds. The normalized spacial score (nSPS) is 11.7. The smallest absolute Gasteiger partial charge is 0.279 e. The maximum absolute atomic E-state index is 11.9. The fraction of sp³-hybridized carbons (Fsp3) is 0.235. The summed E-state index contributed by atoms with van der Waals surface area (Å²) in [6.07, 6.45) is 0. The number of methoxy groups -OCH3 is 1. The van der Waals surface area contributed by atoms with Gasteiger partial charge >= 0.3 is 0 Å². The first-order valence-corrected chi connectivity index (χ1v) is 7.01. The fourth-order valence-electron chi connectivity index (χ4n) is 2.06. The molecule has 0 fully saturated rings. The molecule has 0 aliphatic heterocycles. The van der Waals surface area contributed by atoms with Gasteiger partial charge in [-0.25, -0.2) is 0 Å². The van der Waals surface area contributed by atoms with Crippen LogP contribution in [-0.4, -0.2) is 19.6 Å². The van der Waals surface area contributed by atoms with E-state index in [1.165, 1.54) is 5.56 Å². The Balaban J connectivity index is 1.81. The van der Waals surface area contributed by atoms with E-state index in [0.717, 1.165) is 11.4 Å². The second kappa shape index (κ2) is 7.45. The molecule has 0 saturated heterocycles. The molecule has 0 radical (unpaired) electrons. The number of ether oxygens (including phenoxy) is 1. The maximum atomic E-state index is 11.9. The highest BCUT2D eigenvalue weighted by molar-refractivity contribution is 5.91. The van der Waals surface area contributed by atoms with E-state index >= 15 is 0 Å². The summed E-state index contributed by atoms with van der Waals surface area (Å²) in [4.78, 5) is 11.9. The molecule has 2 aromatic rings. The molecule has 0 heterocycles. The van der Waals surface area contributed by atoms with Gasteiger partial charge in [-0.15, -0.1) is 0 Å². The fourth-order valence-corrected chi connectivity index (χ4v) is 2.06. The minimum atomic E-state index is -0.0112. The lowest BCUT2D eigenvalue weighted by Gasteiger charge is -2.11. The molecular formula is C17H21N2O2+. The number of amides is 1. The lowest BCUT2D eigenvalue weighted by Crippen LogP contribution is -2.86. The van der Waals surface area contributed by atoms with Crippen LogP contribution in [0.1, 0.15) is 18.5 Å². The standard InChI is InChI=1S/C17H20N2O2/c1-13(14-6-4-3-5-7-14)18-12-17(20)19-15-8-10-16(21-2)11-9-15/h3-11,13,18H,12H2,1-2H3,(H,19,20)/p+1/t13-/m1/s1. The van der Waals surface area contributed by atoms with Crippen molar-refractivity contribution in [2.24, 2.45) is 0 Å². The molecule has 1 atom stereocenters. The van der Waals surface area contributed by atoms with Gasteiger partial charge in [-0.3, -0.25) is 4.79 Å². The summed E-state index contributed by atoms with van der Waals surface area (Å²) < 4.78 is 5.08. The summed E-state index contributed by atoms with van der Waals surface area (Å²) in [5.74, 6) is 0.764. The van der Waals surface area contributed by atoms with Gasteiger partial charge in [0.25, 0.3) is 5.91 Å². The number of hydrogen-bond acceptors (Lipinski definition) is 2. The minimum Gasteiger partial charge on any atom is -0.497 e. The average Bonchev–Trinajstić information content (AvgIpc) is 2.54. The number of nitrogens with two attached hydrogens (primary N) is 1. The van der Waals surface area contributed by atoms with Gasteiger partial charge in [-0.1, -0.05) is 30.3 Å². The van der Waals surface area contributed by atoms with Crippen molar-refractivity contribution in [3.8, 4) is 5.75 Å². The summed E-state index contributed by atoms with van der Waals surface area (Å²) in [5.41, 5.74) is 2.00. The molecule has 2 aromatic carbocycles. The number of carbonyl (C=O) groups excluding carboxylic acids is 1. The lowest BCUT2D eigenvalue weighted by atomic mass is 10.1. The van der Waals surface area contributed by atoms with Crippen LogP contribution in [0.3, 0.4) is 0 Å². The molecule has 21 heavy (non-hydrogen) atoms. The Kier molecular flexibility index (Phi) is 5.35. The third kappa shape index (κ3) is 4.61. The number of benzene rings is 2. The molecule has 4 heteroatoms. The van der Waals surface area contributed by atoms with Gasteiger partial charge < -0.3 is 15.4 Å². The van der Waals surface area contributed by atoms with E-state index in [1.54, 1.807) is 7.11 Å². The van der Waals surface area contributed by atoms with Crippen LogP contribution in [0.5, 0.6) is 5.75 Å². The van der Waals surface area contributed by atoms with Crippen LogP contribution in [0.15, 0.2) is 54.6 Å². The average molecular weight is 285 g/mol. The Morgan fingerprint density at radius 3 is 2.43 bits per heavy atom. The topological polar surface area (TPSA) is 54.9 Å². The molecule has 0 saturated carbocycles. The van der Waals surface area contributed by atoms with E-state index in [9.17, 15) is 4.79 Å². The first kappa shape index (κ1) is 15.1. The highest BCUT2D eigenvalue weighted by atomic mass is 16.5. The second-order valence-electron chi connectivity index (χ2n) is 4.92. The maximum Gasteiger partial charge on any atom is 0.279 e. The summed E-state index contributed by atoms with van der Waals surface area (Å²) in [6, 6.07) is 17.7. The second-order valence-corrected chi connectivity index (χ2v) is 4.92. The minimum absolute atomic E-state index is 0.0112. The van der Waals surface area contributed by atoms with Crippen LogP contribution in [-0.2, 0) is 4.79 Å². The number of nitrogens with one attached hydrogen (secondary N) is 1. The van der Waals surface area contributed by atoms with Gasteiger partial charge in [0.2, 0.25) is 0 Å². The van der Waals surface area contributed by atoms with E-state index in [-0.39, 0.29) is 11.9 Å². The van der Waals surface area contributed by atoms with Crippen LogP contribution in [0, 0.1) is 0 Å². The highest BCUT2D eigenvalue weighted by Crippen LogP contribution is 2.14. The van der Waals surface area contributed by atoms with Crippen LogP contribution >= 0.6 is 0 Å². The zero-order valence-electron chi connectivity index (χ0n) is 12.4. The first-order valence-electron chi connectivity index (χ1n) is 7.01. The van der Waals surface area contributed by atoms with Crippen LogP contribution in [0.25, 0.3) is 0 Å². The van der Waals surface area contributed by atoms with Gasteiger partial charge in [0, 0.05) is 11.3 Å². The van der Waals surface area contributed by atoms with E-state index in [1.807, 2.05) is 47.8 Å². The van der Waals surface area contributed by atoms with E-state index in [4.69, 9.17) is 4.74 Å². The number of carbonyl (C=O) groups is 1. The molecule has 0 bridgehead atoms. The zero-order valence-corrected chi connectivity index (χ0v) is 12.4. The van der Waals surface area contributed by atoms with Crippen molar-refractivity contribution in [1.29, 1.82) is 0 Å². The van der Waals surface area contributed by atoms with Crippen molar-refractivity contribution in [3.05, 3.63) is 60.2 Å². The molecule has 0 aliphatic rings. The van der Waals surface area contributed by atoms with E-state index < -0.39 is 0 Å². The zero-order chi connectivity index (χ0) is 15.1. The molecular weight excluding hydrogens is 264 g/mol. The Morgan fingerprint density at radius 1 is 1.14 bits per heavy atom. The molecule has 0 spiro atoms. The predicted octanol–water partition coefficient (Wildman–Crippen LogP) is 1.96. The molecule has 0 aromatic heterocycles. The summed E-state index contributed by atoms with van der Waals surface area (Å²) >= 11 is 0. The number of rotatable bonds is 6. The molecule has 0 unspecified atom stereocenters. The van der Waals surface area contributed by atoms with Crippen molar-refractivity contribution >= 4 is 11.6 Å². The third-order valence-electron chi connectivity index (χ3n) is 3.36. The Bertz CT molecular complexity index is 567.